The third-order valence-corrected chi connectivity index (χ3v) is 2.80. The average molecular weight is 238 g/mol. The zero-order valence-electron chi connectivity index (χ0n) is 9.59. The summed E-state index contributed by atoms with van der Waals surface area (Å²) >= 11 is 6.04. The van der Waals surface area contributed by atoms with E-state index in [1.165, 1.54) is 0 Å². The first-order valence-corrected chi connectivity index (χ1v) is 5.91. The average Bonchev–Trinajstić information content (AvgIpc) is 2.63. The first-order valence-electron chi connectivity index (χ1n) is 5.54. The zero-order chi connectivity index (χ0) is 11.5. The highest BCUT2D eigenvalue weighted by Crippen LogP contribution is 2.27. The Labute approximate surface area is 101 Å². The van der Waals surface area contributed by atoms with Gasteiger partial charge in [-0.2, -0.15) is 0 Å². The maximum absolute atomic E-state index is 6.04. The Hall–Kier alpha value is -0.990. The van der Waals surface area contributed by atoms with Crippen LogP contribution in [0.5, 0.6) is 0 Å². The first kappa shape index (κ1) is 11.5. The number of halogens is 1. The predicted molar refractivity (Wildman–Crippen MR) is 67.8 cm³/mol. The fraction of sp³-hybridized carbons (Fsp3) is 0.385. The molecule has 2 rings (SSSR count). The molecule has 0 bridgehead atoms. The molecule has 0 radical (unpaired) electrons. The number of hydrogen-bond donors (Lipinski definition) is 1. The fourth-order valence-electron chi connectivity index (χ4n) is 1.71. The molecule has 0 unspecified atom stereocenters. The van der Waals surface area contributed by atoms with E-state index in [0.29, 0.717) is 10.9 Å². The molecule has 1 heterocycles. The Morgan fingerprint density at radius 1 is 1.38 bits per heavy atom. The summed E-state index contributed by atoms with van der Waals surface area (Å²) in [6, 6.07) is 5.84. The summed E-state index contributed by atoms with van der Waals surface area (Å²) in [6.45, 7) is 6.22. The van der Waals surface area contributed by atoms with Crippen molar-refractivity contribution in [2.45, 2.75) is 20.4 Å². The van der Waals surface area contributed by atoms with Crippen LogP contribution in [0.3, 0.4) is 0 Å². The maximum Gasteiger partial charge on any atom is 0.152 e. The molecule has 0 aliphatic rings. The van der Waals surface area contributed by atoms with Crippen LogP contribution in [0, 0.1) is 5.92 Å². The number of rotatable bonds is 4. The standard InChI is InChI=1S/C13H16ClNO/c1-9(2)6-15-7-10-8-16-13-11(10)4-3-5-12(13)14/h3-5,8-9,15H,6-7H2,1-2H3. The van der Waals surface area contributed by atoms with Gasteiger partial charge in [-0.1, -0.05) is 37.6 Å². The van der Waals surface area contributed by atoms with E-state index in [-0.39, 0.29) is 0 Å². The van der Waals surface area contributed by atoms with Crippen LogP contribution >= 0.6 is 11.6 Å². The van der Waals surface area contributed by atoms with Crippen LogP contribution in [0.4, 0.5) is 0 Å². The Morgan fingerprint density at radius 2 is 2.19 bits per heavy atom. The molecule has 1 aromatic carbocycles. The molecule has 0 saturated carbocycles. The zero-order valence-corrected chi connectivity index (χ0v) is 10.3. The lowest BCUT2D eigenvalue weighted by Gasteiger charge is -2.05. The van der Waals surface area contributed by atoms with Gasteiger partial charge in [0.05, 0.1) is 11.3 Å². The minimum absolute atomic E-state index is 0.654. The lowest BCUT2D eigenvalue weighted by Crippen LogP contribution is -2.18. The van der Waals surface area contributed by atoms with Gasteiger partial charge in [0.25, 0.3) is 0 Å². The Bertz CT molecular complexity index is 476. The van der Waals surface area contributed by atoms with Crippen LogP contribution in [-0.4, -0.2) is 6.54 Å². The SMILES string of the molecule is CC(C)CNCc1coc2c(Cl)cccc12. The van der Waals surface area contributed by atoms with Gasteiger partial charge in [-0.05, 0) is 18.5 Å². The van der Waals surface area contributed by atoms with Gasteiger partial charge in [0.2, 0.25) is 0 Å². The first-order chi connectivity index (χ1) is 7.68. The highest BCUT2D eigenvalue weighted by Gasteiger charge is 2.07. The van der Waals surface area contributed by atoms with Gasteiger partial charge in [0, 0.05) is 17.5 Å². The molecule has 1 aromatic heterocycles. The van der Waals surface area contributed by atoms with Crippen LogP contribution in [0.2, 0.25) is 5.02 Å². The van der Waals surface area contributed by atoms with Gasteiger partial charge < -0.3 is 9.73 Å². The Kier molecular flexibility index (Phi) is 3.52. The van der Waals surface area contributed by atoms with E-state index in [1.54, 1.807) is 6.26 Å². The number of para-hydroxylation sites is 1. The van der Waals surface area contributed by atoms with Crippen LogP contribution in [0.1, 0.15) is 19.4 Å². The second kappa shape index (κ2) is 4.89. The summed E-state index contributed by atoms with van der Waals surface area (Å²) in [4.78, 5) is 0. The molecule has 0 aliphatic carbocycles. The van der Waals surface area contributed by atoms with Crippen molar-refractivity contribution in [2.75, 3.05) is 6.54 Å². The molecular weight excluding hydrogens is 222 g/mol. The molecule has 0 amide bonds. The smallest absolute Gasteiger partial charge is 0.152 e. The van der Waals surface area contributed by atoms with E-state index in [4.69, 9.17) is 16.0 Å². The molecule has 0 atom stereocenters. The van der Waals surface area contributed by atoms with Crippen molar-refractivity contribution >= 4 is 22.6 Å². The Balaban J connectivity index is 2.16. The van der Waals surface area contributed by atoms with Crippen molar-refractivity contribution in [1.29, 1.82) is 0 Å². The number of hydrogen-bond acceptors (Lipinski definition) is 2. The minimum Gasteiger partial charge on any atom is -0.462 e. The number of fused-ring (bicyclic) bond motifs is 1. The highest BCUT2D eigenvalue weighted by atomic mass is 35.5. The van der Waals surface area contributed by atoms with Crippen molar-refractivity contribution in [3.05, 3.63) is 35.0 Å². The topological polar surface area (TPSA) is 25.2 Å². The normalized spacial score (nSPS) is 11.5. The molecule has 86 valence electrons. The molecular formula is C13H16ClNO. The maximum atomic E-state index is 6.04. The van der Waals surface area contributed by atoms with E-state index >= 15 is 0 Å². The highest BCUT2D eigenvalue weighted by molar-refractivity contribution is 6.34. The summed E-state index contributed by atoms with van der Waals surface area (Å²) in [7, 11) is 0. The van der Waals surface area contributed by atoms with Gasteiger partial charge in [0.1, 0.15) is 0 Å². The largest absolute Gasteiger partial charge is 0.462 e. The molecule has 1 N–H and O–H groups in total. The van der Waals surface area contributed by atoms with E-state index in [1.807, 2.05) is 18.2 Å². The lowest BCUT2D eigenvalue weighted by atomic mass is 10.1. The fourth-order valence-corrected chi connectivity index (χ4v) is 1.93. The number of benzene rings is 1. The second-order valence-electron chi connectivity index (χ2n) is 4.40. The van der Waals surface area contributed by atoms with Crippen LogP contribution < -0.4 is 5.32 Å². The molecule has 3 heteroatoms. The predicted octanol–water partition coefficient (Wildman–Crippen LogP) is 3.83. The Morgan fingerprint density at radius 3 is 2.94 bits per heavy atom. The van der Waals surface area contributed by atoms with Gasteiger partial charge in [-0.25, -0.2) is 0 Å². The molecule has 0 spiro atoms. The third-order valence-electron chi connectivity index (χ3n) is 2.50. The van der Waals surface area contributed by atoms with Crippen molar-refractivity contribution in [2.24, 2.45) is 5.92 Å². The van der Waals surface area contributed by atoms with E-state index < -0.39 is 0 Å². The van der Waals surface area contributed by atoms with Gasteiger partial charge >= 0.3 is 0 Å². The quantitative estimate of drug-likeness (QED) is 0.874. The molecule has 0 aliphatic heterocycles. The van der Waals surface area contributed by atoms with Crippen molar-refractivity contribution in [3.63, 3.8) is 0 Å². The summed E-state index contributed by atoms with van der Waals surface area (Å²) in [6.07, 6.45) is 1.78. The number of furan rings is 1. The van der Waals surface area contributed by atoms with Crippen molar-refractivity contribution in [3.8, 4) is 0 Å². The van der Waals surface area contributed by atoms with Crippen molar-refractivity contribution in [1.82, 2.24) is 5.32 Å². The third kappa shape index (κ3) is 2.39. The van der Waals surface area contributed by atoms with E-state index in [0.717, 1.165) is 29.6 Å². The van der Waals surface area contributed by atoms with E-state index in [2.05, 4.69) is 19.2 Å². The number of nitrogens with one attached hydrogen (secondary N) is 1. The molecule has 0 saturated heterocycles. The van der Waals surface area contributed by atoms with Crippen LogP contribution in [-0.2, 0) is 6.54 Å². The molecule has 16 heavy (non-hydrogen) atoms. The minimum atomic E-state index is 0.654. The van der Waals surface area contributed by atoms with Crippen LogP contribution in [0.15, 0.2) is 28.9 Å². The summed E-state index contributed by atoms with van der Waals surface area (Å²) < 4.78 is 5.47. The summed E-state index contributed by atoms with van der Waals surface area (Å²) in [5.41, 5.74) is 1.95. The van der Waals surface area contributed by atoms with Gasteiger partial charge in [0.15, 0.2) is 5.58 Å². The van der Waals surface area contributed by atoms with Crippen molar-refractivity contribution < 1.29 is 4.42 Å². The molecule has 2 aromatic rings. The van der Waals surface area contributed by atoms with Gasteiger partial charge in [-0.15, -0.1) is 0 Å². The monoisotopic (exact) mass is 237 g/mol. The van der Waals surface area contributed by atoms with Gasteiger partial charge in [-0.3, -0.25) is 0 Å². The van der Waals surface area contributed by atoms with E-state index in [9.17, 15) is 0 Å². The lowest BCUT2D eigenvalue weighted by molar-refractivity contribution is 0.547. The summed E-state index contributed by atoms with van der Waals surface area (Å²) in [5, 5.41) is 5.17. The molecule has 2 nitrogen and oxygen atoms in total. The molecule has 0 fully saturated rings. The second-order valence-corrected chi connectivity index (χ2v) is 4.81. The van der Waals surface area contributed by atoms with Crippen LogP contribution in [0.25, 0.3) is 11.0 Å². The summed E-state index contributed by atoms with van der Waals surface area (Å²) in [5.74, 6) is 0.654.